The number of carbonyl (C=O) groups is 2. The van der Waals surface area contributed by atoms with E-state index in [9.17, 15) is 9.59 Å². The van der Waals surface area contributed by atoms with Gasteiger partial charge in [-0.25, -0.2) is 4.79 Å². The van der Waals surface area contributed by atoms with Gasteiger partial charge in [0.15, 0.2) is 0 Å². The maximum absolute atomic E-state index is 12.9. The first-order chi connectivity index (χ1) is 14.1. The molecule has 144 valence electrons. The maximum Gasteiger partial charge on any atom is 0.337 e. The van der Waals surface area contributed by atoms with Crippen LogP contribution < -0.4 is 5.32 Å². The summed E-state index contributed by atoms with van der Waals surface area (Å²) in [5.41, 5.74) is 4.03. The summed E-state index contributed by atoms with van der Waals surface area (Å²) >= 11 is 3.43. The molecule has 1 heterocycles. The highest BCUT2D eigenvalue weighted by atomic mass is 79.9. The summed E-state index contributed by atoms with van der Waals surface area (Å²) in [6.07, 6.45) is 0. The summed E-state index contributed by atoms with van der Waals surface area (Å²) in [6, 6.07) is 22.3. The standard InChI is InChI=1S/C23H17BrN2O3/c1-29-23(28)15-7-12-18-19(13-15)26-22(27)20(18)21(14-5-3-2-4-6-14)25-17-10-8-16(24)9-11-17/h2-13,20H,1H3,(H,26,27). The predicted octanol–water partition coefficient (Wildman–Crippen LogP) is 5.09. The fourth-order valence-electron chi connectivity index (χ4n) is 3.34. The van der Waals surface area contributed by atoms with Crippen LogP contribution in [0.3, 0.4) is 0 Å². The number of amides is 1. The number of ether oxygens (including phenoxy) is 1. The second-order valence-corrected chi connectivity index (χ2v) is 7.47. The highest BCUT2D eigenvalue weighted by molar-refractivity contribution is 9.10. The van der Waals surface area contributed by atoms with Crippen molar-refractivity contribution in [3.63, 3.8) is 0 Å². The van der Waals surface area contributed by atoms with Gasteiger partial charge in [-0.2, -0.15) is 0 Å². The van der Waals surface area contributed by atoms with E-state index in [4.69, 9.17) is 9.73 Å². The third-order valence-corrected chi connectivity index (χ3v) is 5.25. The van der Waals surface area contributed by atoms with Crippen LogP contribution in [0.1, 0.15) is 27.4 Å². The van der Waals surface area contributed by atoms with Gasteiger partial charge in [-0.3, -0.25) is 9.79 Å². The van der Waals surface area contributed by atoms with Gasteiger partial charge in [0, 0.05) is 10.2 Å². The van der Waals surface area contributed by atoms with E-state index in [1.54, 1.807) is 18.2 Å². The average Bonchev–Trinajstić information content (AvgIpc) is 3.08. The number of benzene rings is 3. The van der Waals surface area contributed by atoms with Crippen LogP contribution in [-0.4, -0.2) is 24.7 Å². The average molecular weight is 449 g/mol. The zero-order valence-electron chi connectivity index (χ0n) is 15.6. The van der Waals surface area contributed by atoms with Crippen molar-refractivity contribution < 1.29 is 14.3 Å². The lowest BCUT2D eigenvalue weighted by molar-refractivity contribution is -0.115. The summed E-state index contributed by atoms with van der Waals surface area (Å²) in [6.45, 7) is 0. The van der Waals surface area contributed by atoms with Gasteiger partial charge in [0.2, 0.25) is 5.91 Å². The first-order valence-electron chi connectivity index (χ1n) is 8.99. The van der Waals surface area contributed by atoms with E-state index < -0.39 is 11.9 Å². The minimum absolute atomic E-state index is 0.179. The number of methoxy groups -OCH3 is 1. The number of nitrogens with one attached hydrogen (secondary N) is 1. The second-order valence-electron chi connectivity index (χ2n) is 6.56. The highest BCUT2D eigenvalue weighted by Gasteiger charge is 2.35. The van der Waals surface area contributed by atoms with Crippen LogP contribution in [0.15, 0.2) is 82.3 Å². The SMILES string of the molecule is COC(=O)c1ccc2c(c1)NC(=O)C2C(=Nc1ccc(Br)cc1)c1ccccc1. The number of nitrogens with zero attached hydrogens (tertiary/aromatic N) is 1. The monoisotopic (exact) mass is 448 g/mol. The van der Waals surface area contributed by atoms with Gasteiger partial charge in [-0.1, -0.05) is 52.3 Å². The number of halogens is 1. The largest absolute Gasteiger partial charge is 0.465 e. The normalized spacial score (nSPS) is 15.6. The Balaban J connectivity index is 1.83. The number of fused-ring (bicyclic) bond motifs is 1. The maximum atomic E-state index is 12.9. The van der Waals surface area contributed by atoms with Crippen molar-refractivity contribution in [2.45, 2.75) is 5.92 Å². The molecule has 29 heavy (non-hydrogen) atoms. The highest BCUT2D eigenvalue weighted by Crippen LogP contribution is 2.37. The number of hydrogen-bond acceptors (Lipinski definition) is 4. The van der Waals surface area contributed by atoms with Crippen molar-refractivity contribution in [1.29, 1.82) is 0 Å². The fourth-order valence-corrected chi connectivity index (χ4v) is 3.60. The van der Waals surface area contributed by atoms with Crippen LogP contribution in [0.4, 0.5) is 11.4 Å². The Hall–Kier alpha value is -3.25. The Kier molecular flexibility index (Phi) is 5.27. The van der Waals surface area contributed by atoms with Crippen molar-refractivity contribution in [2.24, 2.45) is 4.99 Å². The van der Waals surface area contributed by atoms with E-state index in [-0.39, 0.29) is 5.91 Å². The quantitative estimate of drug-likeness (QED) is 0.446. The van der Waals surface area contributed by atoms with Crippen LogP contribution in [0.2, 0.25) is 0 Å². The molecule has 6 heteroatoms. The van der Waals surface area contributed by atoms with Gasteiger partial charge < -0.3 is 10.1 Å². The van der Waals surface area contributed by atoms with E-state index in [1.165, 1.54) is 7.11 Å². The number of carbonyl (C=O) groups excluding carboxylic acids is 2. The Labute approximate surface area is 176 Å². The van der Waals surface area contributed by atoms with E-state index in [0.717, 1.165) is 21.3 Å². The molecule has 4 rings (SSSR count). The first-order valence-corrected chi connectivity index (χ1v) is 9.79. The Bertz CT molecular complexity index is 1110. The topological polar surface area (TPSA) is 67.8 Å². The van der Waals surface area contributed by atoms with Crippen LogP contribution in [0.5, 0.6) is 0 Å². The molecule has 5 nitrogen and oxygen atoms in total. The van der Waals surface area contributed by atoms with E-state index in [0.29, 0.717) is 17.0 Å². The molecule has 0 aromatic heterocycles. The molecule has 1 aliphatic rings. The summed E-state index contributed by atoms with van der Waals surface area (Å²) in [7, 11) is 1.33. The molecule has 3 aromatic carbocycles. The third kappa shape index (κ3) is 3.84. The van der Waals surface area contributed by atoms with Gasteiger partial charge >= 0.3 is 5.97 Å². The van der Waals surface area contributed by atoms with E-state index in [1.807, 2.05) is 54.6 Å². The molecular weight excluding hydrogens is 432 g/mol. The molecule has 0 radical (unpaired) electrons. The molecule has 0 spiro atoms. The molecular formula is C23H17BrN2O3. The van der Waals surface area contributed by atoms with Gasteiger partial charge in [0.1, 0.15) is 5.92 Å². The third-order valence-electron chi connectivity index (χ3n) is 4.72. The van der Waals surface area contributed by atoms with Crippen LogP contribution >= 0.6 is 15.9 Å². The number of aliphatic imine (C=N–C) groups is 1. The Morgan fingerprint density at radius 2 is 1.72 bits per heavy atom. The first kappa shape index (κ1) is 19.1. The van der Waals surface area contributed by atoms with Gasteiger partial charge in [-0.15, -0.1) is 0 Å². The smallest absolute Gasteiger partial charge is 0.337 e. The van der Waals surface area contributed by atoms with Crippen LogP contribution in [-0.2, 0) is 9.53 Å². The molecule has 0 saturated carbocycles. The molecule has 0 bridgehead atoms. The molecule has 0 saturated heterocycles. The number of anilines is 1. The van der Waals surface area contributed by atoms with Crippen LogP contribution in [0.25, 0.3) is 0 Å². The minimum Gasteiger partial charge on any atom is -0.465 e. The molecule has 1 unspecified atom stereocenters. The van der Waals surface area contributed by atoms with Crippen molar-refractivity contribution in [3.8, 4) is 0 Å². The van der Waals surface area contributed by atoms with E-state index in [2.05, 4.69) is 21.2 Å². The lowest BCUT2D eigenvalue weighted by atomic mass is 9.90. The lowest BCUT2D eigenvalue weighted by Gasteiger charge is -2.14. The van der Waals surface area contributed by atoms with Crippen molar-refractivity contribution in [2.75, 3.05) is 12.4 Å². The molecule has 0 fully saturated rings. The van der Waals surface area contributed by atoms with Crippen molar-refractivity contribution in [1.82, 2.24) is 0 Å². The Morgan fingerprint density at radius 1 is 1.00 bits per heavy atom. The van der Waals surface area contributed by atoms with E-state index >= 15 is 0 Å². The van der Waals surface area contributed by atoms with Crippen molar-refractivity contribution in [3.05, 3.63) is 94.0 Å². The molecule has 1 amide bonds. The summed E-state index contributed by atoms with van der Waals surface area (Å²) in [5.74, 6) is -1.21. The van der Waals surface area contributed by atoms with Crippen molar-refractivity contribution >= 4 is 44.9 Å². The van der Waals surface area contributed by atoms with Gasteiger partial charge in [0.05, 0.1) is 24.1 Å². The lowest BCUT2D eigenvalue weighted by Crippen LogP contribution is -2.21. The second kappa shape index (κ2) is 8.01. The molecule has 1 atom stereocenters. The number of rotatable bonds is 4. The summed E-state index contributed by atoms with van der Waals surface area (Å²) < 4.78 is 5.73. The number of esters is 1. The van der Waals surface area contributed by atoms with Crippen LogP contribution in [0, 0.1) is 0 Å². The van der Waals surface area contributed by atoms with Gasteiger partial charge in [0.25, 0.3) is 0 Å². The van der Waals surface area contributed by atoms with Gasteiger partial charge in [-0.05, 0) is 47.5 Å². The number of hydrogen-bond donors (Lipinski definition) is 1. The fraction of sp³-hybridized carbons (Fsp3) is 0.0870. The zero-order chi connectivity index (χ0) is 20.4. The molecule has 1 aliphatic heterocycles. The minimum atomic E-state index is -0.581. The zero-order valence-corrected chi connectivity index (χ0v) is 17.1. The Morgan fingerprint density at radius 3 is 2.41 bits per heavy atom. The molecule has 3 aromatic rings. The molecule has 0 aliphatic carbocycles. The predicted molar refractivity (Wildman–Crippen MR) is 116 cm³/mol. The summed E-state index contributed by atoms with van der Waals surface area (Å²) in [5, 5.41) is 2.88. The summed E-state index contributed by atoms with van der Waals surface area (Å²) in [4.78, 5) is 29.6. The molecule has 1 N–H and O–H groups in total.